The highest BCUT2D eigenvalue weighted by Gasteiger charge is 2.04. The third kappa shape index (κ3) is 3.78. The summed E-state index contributed by atoms with van der Waals surface area (Å²) in [6.07, 6.45) is 0. The van der Waals surface area contributed by atoms with Gasteiger partial charge in [-0.3, -0.25) is 9.59 Å². The third-order valence-electron chi connectivity index (χ3n) is 0.604. The van der Waals surface area contributed by atoms with Crippen LogP contribution in [0.2, 0.25) is 0 Å². The summed E-state index contributed by atoms with van der Waals surface area (Å²) in [5, 5.41) is 2.19. The van der Waals surface area contributed by atoms with E-state index in [1.807, 2.05) is 0 Å². The number of carbonyl (C=O) groups is 2. The molecule has 0 unspecified atom stereocenters. The minimum atomic E-state index is -0.986. The van der Waals surface area contributed by atoms with Crippen LogP contribution in [0.15, 0.2) is 0 Å². The molecule has 0 fully saturated rings. The van der Waals surface area contributed by atoms with Crippen molar-refractivity contribution in [2.45, 2.75) is 0 Å². The average Bonchev–Trinajstić information content (AvgIpc) is 1.82. The summed E-state index contributed by atoms with van der Waals surface area (Å²) >= 11 is 5.18. The van der Waals surface area contributed by atoms with Crippen molar-refractivity contribution < 1.29 is 9.59 Å². The van der Waals surface area contributed by atoms with Crippen molar-refractivity contribution in [3.05, 3.63) is 0 Å². The molecule has 0 spiro atoms. The zero-order chi connectivity index (χ0) is 7.28. The number of primary amides is 1. The molecule has 3 N–H and O–H groups in total. The summed E-state index contributed by atoms with van der Waals surface area (Å²) in [6, 6.07) is 0. The Kier molecular flexibility index (Phi) is 3.79. The van der Waals surface area contributed by atoms with Gasteiger partial charge < -0.3 is 11.1 Å². The lowest BCUT2D eigenvalue weighted by Gasteiger charge is -1.95. The molecule has 52 valence electrons. The molecule has 0 heterocycles. The van der Waals surface area contributed by atoms with Gasteiger partial charge in [-0.1, -0.05) is 0 Å². The van der Waals surface area contributed by atoms with Crippen molar-refractivity contribution in [1.29, 1.82) is 0 Å². The van der Waals surface area contributed by atoms with E-state index in [1.54, 1.807) is 0 Å². The standard InChI is InChI=1S/C4H7ClN2O2/c5-1-2-7-4(9)3(6)8/h1-2H2,(H2,6,8)(H,7,9). The van der Waals surface area contributed by atoms with Crippen LogP contribution in [0.3, 0.4) is 0 Å². The van der Waals surface area contributed by atoms with E-state index in [9.17, 15) is 9.59 Å². The van der Waals surface area contributed by atoms with Crippen LogP contribution in [-0.2, 0) is 9.59 Å². The van der Waals surface area contributed by atoms with Gasteiger partial charge in [0.1, 0.15) is 0 Å². The number of alkyl halides is 1. The van der Waals surface area contributed by atoms with Crippen molar-refractivity contribution in [1.82, 2.24) is 5.32 Å². The van der Waals surface area contributed by atoms with Crippen molar-refractivity contribution in [2.24, 2.45) is 5.73 Å². The maximum absolute atomic E-state index is 10.3. The van der Waals surface area contributed by atoms with Gasteiger partial charge in [-0.25, -0.2) is 0 Å². The van der Waals surface area contributed by atoms with Gasteiger partial charge in [-0.2, -0.15) is 0 Å². The Balaban J connectivity index is 3.39. The second-order valence-corrected chi connectivity index (χ2v) is 1.69. The molecule has 4 nitrogen and oxygen atoms in total. The number of carbonyl (C=O) groups excluding carboxylic acids is 2. The smallest absolute Gasteiger partial charge is 0.309 e. The Morgan fingerprint density at radius 1 is 1.56 bits per heavy atom. The molecule has 0 bridgehead atoms. The maximum atomic E-state index is 10.3. The topological polar surface area (TPSA) is 72.2 Å². The highest BCUT2D eigenvalue weighted by Crippen LogP contribution is 1.69. The average molecular weight is 151 g/mol. The molecular formula is C4H7ClN2O2. The van der Waals surface area contributed by atoms with Gasteiger partial charge in [0.25, 0.3) is 0 Å². The van der Waals surface area contributed by atoms with Crippen molar-refractivity contribution in [3.63, 3.8) is 0 Å². The van der Waals surface area contributed by atoms with Gasteiger partial charge in [-0.05, 0) is 0 Å². The molecule has 0 aromatic carbocycles. The first-order valence-electron chi connectivity index (χ1n) is 2.32. The molecule has 0 rings (SSSR count). The first kappa shape index (κ1) is 8.23. The fourth-order valence-electron chi connectivity index (χ4n) is 0.248. The Bertz CT molecular complexity index is 126. The molecule has 0 saturated heterocycles. The van der Waals surface area contributed by atoms with Crippen LogP contribution < -0.4 is 11.1 Å². The number of nitrogens with two attached hydrogens (primary N) is 1. The molecule has 9 heavy (non-hydrogen) atoms. The van der Waals surface area contributed by atoms with E-state index in [0.717, 1.165) is 0 Å². The monoisotopic (exact) mass is 150 g/mol. The van der Waals surface area contributed by atoms with E-state index in [2.05, 4.69) is 11.1 Å². The predicted octanol–water partition coefficient (Wildman–Crippen LogP) is -1.17. The molecule has 0 saturated carbocycles. The molecule has 0 radical (unpaired) electrons. The highest BCUT2D eigenvalue weighted by molar-refractivity contribution is 6.34. The van der Waals surface area contributed by atoms with E-state index in [0.29, 0.717) is 0 Å². The van der Waals surface area contributed by atoms with Gasteiger partial charge >= 0.3 is 11.8 Å². The minimum absolute atomic E-state index is 0.267. The molecule has 0 atom stereocenters. The first-order valence-corrected chi connectivity index (χ1v) is 2.85. The van der Waals surface area contributed by atoms with E-state index in [4.69, 9.17) is 11.6 Å². The number of amides is 2. The lowest BCUT2D eigenvalue weighted by molar-refractivity contribution is -0.137. The molecule has 0 aliphatic heterocycles. The Hall–Kier alpha value is -0.770. The van der Waals surface area contributed by atoms with Crippen LogP contribution in [0, 0.1) is 0 Å². The van der Waals surface area contributed by atoms with E-state index in [1.165, 1.54) is 0 Å². The molecule has 5 heteroatoms. The van der Waals surface area contributed by atoms with Crippen LogP contribution >= 0.6 is 11.6 Å². The summed E-state index contributed by atoms with van der Waals surface area (Å²) in [7, 11) is 0. The second-order valence-electron chi connectivity index (χ2n) is 1.31. The Morgan fingerprint density at radius 2 is 2.11 bits per heavy atom. The fourth-order valence-corrected chi connectivity index (χ4v) is 0.342. The number of rotatable bonds is 2. The minimum Gasteiger partial charge on any atom is -0.361 e. The molecular weight excluding hydrogens is 144 g/mol. The largest absolute Gasteiger partial charge is 0.361 e. The van der Waals surface area contributed by atoms with Crippen LogP contribution in [0.5, 0.6) is 0 Å². The van der Waals surface area contributed by atoms with Gasteiger partial charge in [-0.15, -0.1) is 11.6 Å². The number of nitrogens with one attached hydrogen (secondary N) is 1. The van der Waals surface area contributed by atoms with Crippen molar-refractivity contribution >= 4 is 23.4 Å². The van der Waals surface area contributed by atoms with E-state index in [-0.39, 0.29) is 12.4 Å². The fraction of sp³-hybridized carbons (Fsp3) is 0.500. The van der Waals surface area contributed by atoms with E-state index < -0.39 is 11.8 Å². The van der Waals surface area contributed by atoms with Crippen LogP contribution in [0.25, 0.3) is 0 Å². The molecule has 2 amide bonds. The van der Waals surface area contributed by atoms with Gasteiger partial charge in [0, 0.05) is 12.4 Å². The lowest BCUT2D eigenvalue weighted by atomic mass is 10.5. The van der Waals surface area contributed by atoms with Crippen molar-refractivity contribution in [3.8, 4) is 0 Å². The molecule has 0 aliphatic carbocycles. The quantitative estimate of drug-likeness (QED) is 0.385. The normalized spacial score (nSPS) is 8.56. The summed E-state index contributed by atoms with van der Waals surface area (Å²) < 4.78 is 0. The third-order valence-corrected chi connectivity index (χ3v) is 0.793. The van der Waals surface area contributed by atoms with Gasteiger partial charge in [0.15, 0.2) is 0 Å². The maximum Gasteiger partial charge on any atom is 0.309 e. The van der Waals surface area contributed by atoms with Gasteiger partial charge in [0.05, 0.1) is 0 Å². The van der Waals surface area contributed by atoms with Crippen LogP contribution in [-0.4, -0.2) is 24.2 Å². The Labute approximate surface area is 57.4 Å². The summed E-state index contributed by atoms with van der Waals surface area (Å²) in [5.74, 6) is -1.50. The summed E-state index contributed by atoms with van der Waals surface area (Å²) in [5.41, 5.74) is 4.58. The second kappa shape index (κ2) is 4.14. The van der Waals surface area contributed by atoms with Crippen LogP contribution in [0.4, 0.5) is 0 Å². The number of hydrogen-bond acceptors (Lipinski definition) is 2. The van der Waals surface area contributed by atoms with Crippen LogP contribution in [0.1, 0.15) is 0 Å². The lowest BCUT2D eigenvalue weighted by Crippen LogP contribution is -2.36. The SMILES string of the molecule is NC(=O)C(=O)NCCCl. The number of halogens is 1. The molecule has 0 aromatic heterocycles. The van der Waals surface area contributed by atoms with Gasteiger partial charge in [0.2, 0.25) is 0 Å². The van der Waals surface area contributed by atoms with Crippen molar-refractivity contribution in [2.75, 3.05) is 12.4 Å². The first-order chi connectivity index (χ1) is 4.18. The Morgan fingerprint density at radius 3 is 2.44 bits per heavy atom. The number of hydrogen-bond donors (Lipinski definition) is 2. The zero-order valence-corrected chi connectivity index (χ0v) is 5.44. The molecule has 0 aliphatic rings. The highest BCUT2D eigenvalue weighted by atomic mass is 35.5. The zero-order valence-electron chi connectivity index (χ0n) is 4.69. The predicted molar refractivity (Wildman–Crippen MR) is 32.9 cm³/mol. The summed E-state index contributed by atoms with van der Waals surface area (Å²) in [4.78, 5) is 20.2. The summed E-state index contributed by atoms with van der Waals surface area (Å²) in [6.45, 7) is 0.267. The van der Waals surface area contributed by atoms with E-state index >= 15 is 0 Å². The molecule has 0 aromatic rings.